The van der Waals surface area contributed by atoms with Crippen LogP contribution in [-0.2, 0) is 30.9 Å². The van der Waals surface area contributed by atoms with Crippen molar-refractivity contribution in [1.29, 1.82) is 0 Å². The fourth-order valence-electron chi connectivity index (χ4n) is 5.77. The van der Waals surface area contributed by atoms with Gasteiger partial charge in [0.15, 0.2) is 0 Å². The fourth-order valence-corrected chi connectivity index (χ4v) is 7.21. The summed E-state index contributed by atoms with van der Waals surface area (Å²) in [4.78, 5) is 30.2. The van der Waals surface area contributed by atoms with Crippen molar-refractivity contribution in [3.8, 4) is 0 Å². The first-order valence-corrected chi connectivity index (χ1v) is 14.9. The van der Waals surface area contributed by atoms with E-state index in [9.17, 15) is 18.0 Å². The number of nitrogens with zero attached hydrogens (tertiary/aromatic N) is 4. The molecule has 0 radical (unpaired) electrons. The summed E-state index contributed by atoms with van der Waals surface area (Å²) in [6.45, 7) is 5.52. The van der Waals surface area contributed by atoms with Crippen LogP contribution >= 0.6 is 0 Å². The molecular weight excluding hydrogens is 516 g/mol. The lowest BCUT2D eigenvalue weighted by molar-refractivity contribution is -0.130. The van der Waals surface area contributed by atoms with Crippen molar-refractivity contribution >= 4 is 50.1 Å². The van der Waals surface area contributed by atoms with E-state index in [1.54, 1.807) is 23.1 Å². The molecule has 0 unspecified atom stereocenters. The molecule has 4 heterocycles. The average Bonchev–Trinajstić information content (AvgIpc) is 3.67. The van der Waals surface area contributed by atoms with E-state index in [1.807, 2.05) is 52.9 Å². The maximum absolute atomic E-state index is 13.6. The van der Waals surface area contributed by atoms with Crippen LogP contribution in [-0.4, -0.2) is 79.9 Å². The van der Waals surface area contributed by atoms with Crippen LogP contribution in [0.5, 0.6) is 0 Å². The zero-order valence-electron chi connectivity index (χ0n) is 22.0. The van der Waals surface area contributed by atoms with Crippen molar-refractivity contribution < 1.29 is 22.7 Å². The number of benzene rings is 2. The fraction of sp³-hybridized carbons (Fsp3) is 0.379. The summed E-state index contributed by atoms with van der Waals surface area (Å²) >= 11 is 0. The Labute approximate surface area is 228 Å². The number of carbonyl (C=O) groups is 2. The van der Waals surface area contributed by atoms with E-state index in [2.05, 4.69) is 0 Å². The molecule has 0 spiro atoms. The van der Waals surface area contributed by atoms with Crippen LogP contribution in [0.1, 0.15) is 30.9 Å². The average molecular weight is 549 g/mol. The molecule has 3 aliphatic heterocycles. The van der Waals surface area contributed by atoms with Crippen molar-refractivity contribution in [2.45, 2.75) is 31.2 Å². The quantitative estimate of drug-likeness (QED) is 0.441. The Hall–Kier alpha value is -3.47. The molecule has 10 heteroatoms. The number of anilines is 1. The highest BCUT2D eigenvalue weighted by Crippen LogP contribution is 2.40. The number of hydrogen-bond acceptors (Lipinski definition) is 5. The topological polar surface area (TPSA) is 92.2 Å². The largest absolute Gasteiger partial charge is 0.379 e. The van der Waals surface area contributed by atoms with Gasteiger partial charge in [-0.15, -0.1) is 0 Å². The molecule has 2 fully saturated rings. The predicted molar refractivity (Wildman–Crippen MR) is 150 cm³/mol. The number of sulfonamides is 1. The number of para-hydroxylation sites is 1. The number of amides is 2. The Morgan fingerprint density at radius 3 is 2.51 bits per heavy atom. The Morgan fingerprint density at radius 2 is 1.77 bits per heavy atom. The maximum Gasteiger partial charge on any atom is 0.258 e. The zero-order valence-corrected chi connectivity index (χ0v) is 22.8. The standard InChI is InChI=1S/C29H32N4O5S/c1-2-33-27-10-9-22(39(36,37)32-13-15-38-16-14-32)18-24(27)25(29(33)35)17-21-19-31(26-8-4-3-7-23(21)26)20-28(34)30-11-5-6-12-30/h3-4,7-10,17-19H,2,5-6,11-16,20H2,1H3/b25-17-. The highest BCUT2D eigenvalue weighted by molar-refractivity contribution is 7.89. The van der Waals surface area contributed by atoms with Crippen LogP contribution in [0.3, 0.4) is 0 Å². The number of rotatable bonds is 6. The molecule has 0 aliphatic carbocycles. The molecule has 0 N–H and O–H groups in total. The van der Waals surface area contributed by atoms with E-state index in [4.69, 9.17) is 4.74 Å². The van der Waals surface area contributed by atoms with E-state index in [0.717, 1.165) is 42.4 Å². The van der Waals surface area contributed by atoms with Crippen LogP contribution in [0.2, 0.25) is 0 Å². The second kappa shape index (κ2) is 10.3. The van der Waals surface area contributed by atoms with Gasteiger partial charge in [-0.05, 0) is 50.1 Å². The van der Waals surface area contributed by atoms with Gasteiger partial charge >= 0.3 is 0 Å². The number of carbonyl (C=O) groups excluding carboxylic acids is 2. The minimum Gasteiger partial charge on any atom is -0.379 e. The molecule has 0 saturated carbocycles. The Balaban J connectivity index is 1.42. The van der Waals surface area contributed by atoms with Gasteiger partial charge in [-0.25, -0.2) is 8.42 Å². The zero-order chi connectivity index (χ0) is 27.1. The van der Waals surface area contributed by atoms with E-state index in [-0.39, 0.29) is 23.3 Å². The monoisotopic (exact) mass is 548 g/mol. The summed E-state index contributed by atoms with van der Waals surface area (Å²) in [7, 11) is -3.72. The van der Waals surface area contributed by atoms with Crippen LogP contribution < -0.4 is 4.90 Å². The van der Waals surface area contributed by atoms with Crippen molar-refractivity contribution in [2.75, 3.05) is 50.8 Å². The molecule has 2 saturated heterocycles. The number of aromatic nitrogens is 1. The lowest BCUT2D eigenvalue weighted by atomic mass is 10.0. The summed E-state index contributed by atoms with van der Waals surface area (Å²) in [5, 5.41) is 0.931. The molecule has 9 nitrogen and oxygen atoms in total. The summed E-state index contributed by atoms with van der Waals surface area (Å²) in [6, 6.07) is 12.8. The van der Waals surface area contributed by atoms with E-state index >= 15 is 0 Å². The Bertz CT molecular complexity index is 1580. The van der Waals surface area contributed by atoms with E-state index in [0.29, 0.717) is 49.7 Å². The van der Waals surface area contributed by atoms with E-state index < -0.39 is 10.0 Å². The van der Waals surface area contributed by atoms with Gasteiger partial charge in [0.2, 0.25) is 15.9 Å². The third-order valence-corrected chi connectivity index (χ3v) is 9.73. The van der Waals surface area contributed by atoms with Gasteiger partial charge in [-0.2, -0.15) is 4.31 Å². The van der Waals surface area contributed by atoms with Crippen LogP contribution in [0.4, 0.5) is 5.69 Å². The van der Waals surface area contributed by atoms with Gasteiger partial charge in [0.1, 0.15) is 6.54 Å². The first-order valence-electron chi connectivity index (χ1n) is 13.5. The van der Waals surface area contributed by atoms with Crippen LogP contribution in [0, 0.1) is 0 Å². The highest BCUT2D eigenvalue weighted by Gasteiger charge is 2.34. The third kappa shape index (κ3) is 4.56. The molecular formula is C29H32N4O5S. The first-order chi connectivity index (χ1) is 18.9. The highest BCUT2D eigenvalue weighted by atomic mass is 32.2. The van der Waals surface area contributed by atoms with Crippen molar-refractivity contribution in [2.24, 2.45) is 0 Å². The number of ether oxygens (including phenoxy) is 1. The number of fused-ring (bicyclic) bond motifs is 2. The molecule has 0 atom stereocenters. The summed E-state index contributed by atoms with van der Waals surface area (Å²) < 4.78 is 35.5. The lowest BCUT2D eigenvalue weighted by Crippen LogP contribution is -2.40. The first kappa shape index (κ1) is 25.8. The SMILES string of the molecule is CCN1C(=O)/C(=C\c2cn(CC(=O)N3CCCC3)c3ccccc23)c2cc(S(=O)(=O)N3CCOCC3)ccc21. The van der Waals surface area contributed by atoms with Gasteiger partial charge < -0.3 is 19.1 Å². The summed E-state index contributed by atoms with van der Waals surface area (Å²) in [6.07, 6.45) is 5.82. The normalized spacial score (nSPS) is 19.4. The minimum atomic E-state index is -3.72. The molecule has 204 valence electrons. The van der Waals surface area contributed by atoms with Gasteiger partial charge in [0.25, 0.3) is 5.91 Å². The number of hydrogen-bond donors (Lipinski definition) is 0. The summed E-state index contributed by atoms with van der Waals surface area (Å²) in [5.74, 6) is -0.0803. The minimum absolute atomic E-state index is 0.0878. The molecule has 3 aliphatic rings. The number of morpholine rings is 1. The van der Waals surface area contributed by atoms with Gasteiger partial charge in [0, 0.05) is 66.5 Å². The lowest BCUT2D eigenvalue weighted by Gasteiger charge is -2.26. The predicted octanol–water partition coefficient (Wildman–Crippen LogP) is 3.19. The van der Waals surface area contributed by atoms with Crippen molar-refractivity contribution in [1.82, 2.24) is 13.8 Å². The van der Waals surface area contributed by atoms with Gasteiger partial charge in [-0.3, -0.25) is 9.59 Å². The molecule has 2 aromatic carbocycles. The maximum atomic E-state index is 13.6. The molecule has 3 aromatic rings. The van der Waals surface area contributed by atoms with Gasteiger partial charge in [0.05, 0.1) is 23.8 Å². The molecule has 39 heavy (non-hydrogen) atoms. The second-order valence-electron chi connectivity index (χ2n) is 10.1. The molecule has 0 bridgehead atoms. The van der Waals surface area contributed by atoms with E-state index in [1.165, 1.54) is 4.31 Å². The van der Waals surface area contributed by atoms with Crippen molar-refractivity contribution in [3.05, 3.63) is 59.8 Å². The Kier molecular flexibility index (Phi) is 6.78. The molecule has 1 aromatic heterocycles. The smallest absolute Gasteiger partial charge is 0.258 e. The third-order valence-electron chi connectivity index (χ3n) is 7.83. The van der Waals surface area contributed by atoms with Gasteiger partial charge in [-0.1, -0.05) is 18.2 Å². The number of likely N-dealkylation sites (N-methyl/N-ethyl adjacent to an activating group) is 1. The van der Waals surface area contributed by atoms with Crippen LogP contribution in [0.25, 0.3) is 22.6 Å². The Morgan fingerprint density at radius 1 is 1.03 bits per heavy atom. The van der Waals surface area contributed by atoms with Crippen molar-refractivity contribution in [3.63, 3.8) is 0 Å². The van der Waals surface area contributed by atoms with Crippen LogP contribution in [0.15, 0.2) is 53.6 Å². The molecule has 6 rings (SSSR count). The number of likely N-dealkylation sites (tertiary alicyclic amines) is 1. The second-order valence-corrected chi connectivity index (χ2v) is 12.1. The molecule has 2 amide bonds. The summed E-state index contributed by atoms with van der Waals surface area (Å²) in [5.41, 5.74) is 3.47.